The van der Waals surface area contributed by atoms with Gasteiger partial charge in [0.1, 0.15) is 18.2 Å². The molecule has 0 atom stereocenters. The van der Waals surface area contributed by atoms with Crippen LogP contribution in [0.5, 0.6) is 5.75 Å². The summed E-state index contributed by atoms with van der Waals surface area (Å²) >= 11 is 0. The number of methoxy groups -OCH3 is 1. The van der Waals surface area contributed by atoms with Crippen molar-refractivity contribution >= 4 is 16.9 Å². The van der Waals surface area contributed by atoms with Crippen LogP contribution in [0.2, 0.25) is 0 Å². The molecule has 3 rings (SSSR count). The van der Waals surface area contributed by atoms with Crippen LogP contribution in [0.15, 0.2) is 42.5 Å². The topological polar surface area (TPSA) is 65.4 Å². The molecule has 29 heavy (non-hydrogen) atoms. The summed E-state index contributed by atoms with van der Waals surface area (Å²) < 4.78 is 13.1. The van der Waals surface area contributed by atoms with Crippen LogP contribution in [-0.2, 0) is 22.6 Å². The first-order valence-electron chi connectivity index (χ1n) is 9.99. The first-order chi connectivity index (χ1) is 14.1. The Kier molecular flexibility index (Phi) is 7.25. The number of aryl methyl sites for hydroxylation is 3. The molecule has 0 bridgehead atoms. The Morgan fingerprint density at radius 1 is 1.07 bits per heavy atom. The van der Waals surface area contributed by atoms with Crippen molar-refractivity contribution in [3.63, 3.8) is 0 Å². The van der Waals surface area contributed by atoms with Crippen molar-refractivity contribution in [3.8, 4) is 5.75 Å². The fourth-order valence-corrected chi connectivity index (χ4v) is 3.44. The molecular formula is C23H29N3O3. The van der Waals surface area contributed by atoms with Gasteiger partial charge >= 0.3 is 0 Å². The lowest BCUT2D eigenvalue weighted by atomic mass is 10.1. The number of ether oxygens (including phenoxy) is 2. The molecular weight excluding hydrogens is 366 g/mol. The molecule has 1 heterocycles. The van der Waals surface area contributed by atoms with E-state index in [9.17, 15) is 4.79 Å². The number of amides is 1. The smallest absolute Gasteiger partial charge is 0.246 e. The molecule has 0 aliphatic heterocycles. The maximum absolute atomic E-state index is 11.7. The van der Waals surface area contributed by atoms with E-state index in [4.69, 9.17) is 14.5 Å². The molecule has 0 aliphatic carbocycles. The van der Waals surface area contributed by atoms with Crippen molar-refractivity contribution in [2.75, 3.05) is 20.3 Å². The summed E-state index contributed by atoms with van der Waals surface area (Å²) in [5.74, 6) is 1.70. The minimum absolute atomic E-state index is 0.0515. The lowest BCUT2D eigenvalue weighted by molar-refractivity contribution is -0.124. The summed E-state index contributed by atoms with van der Waals surface area (Å²) in [5, 5.41) is 2.86. The van der Waals surface area contributed by atoms with E-state index in [0.29, 0.717) is 13.2 Å². The number of para-hydroxylation sites is 3. The summed E-state index contributed by atoms with van der Waals surface area (Å²) in [6.45, 7) is 6.09. The van der Waals surface area contributed by atoms with Gasteiger partial charge in [0.2, 0.25) is 5.91 Å². The summed E-state index contributed by atoms with van der Waals surface area (Å²) in [7, 11) is 1.51. The molecule has 2 aromatic carbocycles. The van der Waals surface area contributed by atoms with E-state index in [1.165, 1.54) is 18.2 Å². The Bertz CT molecular complexity index is 945. The molecule has 1 aromatic heterocycles. The van der Waals surface area contributed by atoms with Crippen molar-refractivity contribution in [1.82, 2.24) is 14.9 Å². The number of nitrogens with one attached hydrogen (secondary N) is 1. The number of nitrogens with zero attached hydrogens (tertiary/aromatic N) is 2. The van der Waals surface area contributed by atoms with Crippen LogP contribution in [0.25, 0.3) is 11.0 Å². The van der Waals surface area contributed by atoms with E-state index in [0.717, 1.165) is 42.0 Å². The largest absolute Gasteiger partial charge is 0.493 e. The van der Waals surface area contributed by atoms with Gasteiger partial charge in [-0.1, -0.05) is 30.3 Å². The van der Waals surface area contributed by atoms with Gasteiger partial charge in [-0.15, -0.1) is 0 Å². The Balaban J connectivity index is 1.60. The lowest BCUT2D eigenvalue weighted by Gasteiger charge is -2.13. The normalized spacial score (nSPS) is 11.0. The van der Waals surface area contributed by atoms with Crippen molar-refractivity contribution < 1.29 is 14.3 Å². The summed E-state index contributed by atoms with van der Waals surface area (Å²) in [5.41, 5.74) is 4.36. The molecule has 1 amide bonds. The van der Waals surface area contributed by atoms with E-state index < -0.39 is 0 Å². The molecule has 3 aromatic rings. The van der Waals surface area contributed by atoms with E-state index in [1.807, 2.05) is 18.2 Å². The first-order valence-corrected chi connectivity index (χ1v) is 9.99. The molecule has 6 heteroatoms. The minimum atomic E-state index is -0.145. The predicted octanol–water partition coefficient (Wildman–Crippen LogP) is 3.77. The number of hydrogen-bond donors (Lipinski definition) is 1. The fraction of sp³-hybridized carbons (Fsp3) is 0.391. The van der Waals surface area contributed by atoms with Gasteiger partial charge in [-0.25, -0.2) is 4.98 Å². The van der Waals surface area contributed by atoms with E-state index >= 15 is 0 Å². The predicted molar refractivity (Wildman–Crippen MR) is 114 cm³/mol. The average molecular weight is 396 g/mol. The standard InChI is InChI=1S/C23H29N3O3/c1-17-9-8-10-18(2)23(17)29-14-7-6-13-26-20-12-5-4-11-19(20)25-21(26)15-24-22(27)16-28-3/h4-5,8-12H,6-7,13-16H2,1-3H3,(H,24,27). The Hall–Kier alpha value is -2.86. The second-order valence-electron chi connectivity index (χ2n) is 7.15. The molecule has 6 nitrogen and oxygen atoms in total. The second kappa shape index (κ2) is 10.1. The number of aromatic nitrogens is 2. The van der Waals surface area contributed by atoms with Gasteiger partial charge in [-0.2, -0.15) is 0 Å². The lowest BCUT2D eigenvalue weighted by Crippen LogP contribution is -2.28. The molecule has 1 N–H and O–H groups in total. The van der Waals surface area contributed by atoms with Gasteiger partial charge in [0, 0.05) is 13.7 Å². The van der Waals surface area contributed by atoms with E-state index in [2.05, 4.69) is 48.0 Å². The maximum Gasteiger partial charge on any atom is 0.246 e. The molecule has 0 unspecified atom stereocenters. The quantitative estimate of drug-likeness (QED) is 0.531. The third-order valence-corrected chi connectivity index (χ3v) is 4.88. The van der Waals surface area contributed by atoms with Crippen molar-refractivity contribution in [2.24, 2.45) is 0 Å². The zero-order chi connectivity index (χ0) is 20.6. The molecule has 0 fully saturated rings. The van der Waals surface area contributed by atoms with Crippen molar-refractivity contribution in [1.29, 1.82) is 0 Å². The molecule has 0 saturated carbocycles. The minimum Gasteiger partial charge on any atom is -0.493 e. The zero-order valence-corrected chi connectivity index (χ0v) is 17.4. The van der Waals surface area contributed by atoms with Crippen LogP contribution in [-0.4, -0.2) is 35.8 Å². The van der Waals surface area contributed by atoms with Crippen LogP contribution >= 0.6 is 0 Å². The van der Waals surface area contributed by atoms with Crippen molar-refractivity contribution in [2.45, 2.75) is 39.8 Å². The zero-order valence-electron chi connectivity index (χ0n) is 17.4. The van der Waals surface area contributed by atoms with Gasteiger partial charge in [0.25, 0.3) is 0 Å². The highest BCUT2D eigenvalue weighted by atomic mass is 16.5. The van der Waals surface area contributed by atoms with Crippen LogP contribution < -0.4 is 10.1 Å². The summed E-state index contributed by atoms with van der Waals surface area (Å²) in [6.07, 6.45) is 1.90. The number of fused-ring (bicyclic) bond motifs is 1. The number of hydrogen-bond acceptors (Lipinski definition) is 4. The number of carbonyl (C=O) groups excluding carboxylic acids is 1. The molecule has 154 valence electrons. The highest BCUT2D eigenvalue weighted by molar-refractivity contribution is 5.78. The number of unbranched alkanes of at least 4 members (excludes halogenated alkanes) is 1. The molecule has 0 saturated heterocycles. The SMILES string of the molecule is COCC(=O)NCc1nc2ccccc2n1CCCCOc1c(C)cccc1C. The Morgan fingerprint density at radius 3 is 2.59 bits per heavy atom. The molecule has 0 radical (unpaired) electrons. The van der Waals surface area contributed by atoms with Crippen LogP contribution in [0, 0.1) is 13.8 Å². The summed E-state index contributed by atoms with van der Waals surface area (Å²) in [4.78, 5) is 16.4. The van der Waals surface area contributed by atoms with Gasteiger partial charge in [-0.3, -0.25) is 4.79 Å². The maximum atomic E-state index is 11.7. The number of carbonyl (C=O) groups is 1. The Labute approximate surface area is 171 Å². The van der Waals surface area contributed by atoms with Gasteiger partial charge < -0.3 is 19.4 Å². The molecule has 0 spiro atoms. The van der Waals surface area contributed by atoms with Gasteiger partial charge in [0.05, 0.1) is 24.2 Å². The summed E-state index contributed by atoms with van der Waals surface area (Å²) in [6, 6.07) is 14.2. The van der Waals surface area contributed by atoms with Crippen LogP contribution in [0.4, 0.5) is 0 Å². The highest BCUT2D eigenvalue weighted by Crippen LogP contribution is 2.23. The van der Waals surface area contributed by atoms with Crippen molar-refractivity contribution in [3.05, 3.63) is 59.4 Å². The van der Waals surface area contributed by atoms with Gasteiger partial charge in [-0.05, 0) is 49.9 Å². The number of rotatable bonds is 10. The van der Waals surface area contributed by atoms with Crippen LogP contribution in [0.3, 0.4) is 0 Å². The highest BCUT2D eigenvalue weighted by Gasteiger charge is 2.11. The average Bonchev–Trinajstić information content (AvgIpc) is 3.06. The molecule has 0 aliphatic rings. The first kappa shape index (κ1) is 20.9. The van der Waals surface area contributed by atoms with E-state index in [-0.39, 0.29) is 12.5 Å². The monoisotopic (exact) mass is 395 g/mol. The van der Waals surface area contributed by atoms with Crippen LogP contribution in [0.1, 0.15) is 29.8 Å². The third kappa shape index (κ3) is 5.35. The second-order valence-corrected chi connectivity index (χ2v) is 7.15. The third-order valence-electron chi connectivity index (χ3n) is 4.88. The van der Waals surface area contributed by atoms with Gasteiger partial charge in [0.15, 0.2) is 0 Å². The van der Waals surface area contributed by atoms with E-state index in [1.54, 1.807) is 0 Å². The Morgan fingerprint density at radius 2 is 1.83 bits per heavy atom. The number of benzene rings is 2. The fourth-order valence-electron chi connectivity index (χ4n) is 3.44. The number of imidazole rings is 1.